The summed E-state index contributed by atoms with van der Waals surface area (Å²) in [5.41, 5.74) is 4.48. The number of aryl methyl sites for hydroxylation is 2. The minimum atomic E-state index is -1.08. The molecule has 2 aromatic rings. The zero-order chi connectivity index (χ0) is 21.8. The summed E-state index contributed by atoms with van der Waals surface area (Å²) >= 11 is 0. The third-order valence-corrected chi connectivity index (χ3v) is 7.49. The smallest absolute Gasteiger partial charge is 0.196 e. The van der Waals surface area contributed by atoms with E-state index in [-0.39, 0.29) is 0 Å². The van der Waals surface area contributed by atoms with Crippen LogP contribution in [0.3, 0.4) is 0 Å². The molecule has 2 N–H and O–H groups in total. The second-order valence-corrected chi connectivity index (χ2v) is 9.41. The molecule has 2 fully saturated rings. The molecular formula is C26H30O6. The molecule has 0 radical (unpaired) electrons. The van der Waals surface area contributed by atoms with Crippen LogP contribution in [0, 0.1) is 0 Å². The molecule has 2 aliphatic carbocycles. The second kappa shape index (κ2) is 7.90. The molecule has 2 aliphatic heterocycles. The molecule has 2 saturated heterocycles. The fraction of sp³-hybridized carbons (Fsp3) is 0.538. The molecule has 2 heterocycles. The number of hydrogen-bond donors (Lipinski definition) is 2. The maximum atomic E-state index is 10.8. The van der Waals surface area contributed by atoms with Gasteiger partial charge in [0.15, 0.2) is 11.6 Å². The van der Waals surface area contributed by atoms with Crippen molar-refractivity contribution in [3.63, 3.8) is 0 Å². The van der Waals surface area contributed by atoms with Crippen LogP contribution in [0.2, 0.25) is 0 Å². The highest BCUT2D eigenvalue weighted by Crippen LogP contribution is 2.50. The van der Waals surface area contributed by atoms with Crippen LogP contribution in [0.4, 0.5) is 0 Å². The van der Waals surface area contributed by atoms with Crippen molar-refractivity contribution < 1.29 is 29.2 Å². The number of aliphatic hydroxyl groups is 2. The number of aliphatic hydroxyl groups excluding tert-OH is 2. The van der Waals surface area contributed by atoms with Crippen molar-refractivity contribution in [3.8, 4) is 0 Å². The summed E-state index contributed by atoms with van der Waals surface area (Å²) in [4.78, 5) is 0. The molecule has 0 amide bonds. The van der Waals surface area contributed by atoms with Crippen LogP contribution in [0.5, 0.6) is 0 Å². The summed E-state index contributed by atoms with van der Waals surface area (Å²) in [5, 5.41) is 20.7. The Bertz CT molecular complexity index is 992. The van der Waals surface area contributed by atoms with Crippen LogP contribution in [-0.4, -0.2) is 47.8 Å². The molecule has 6 atom stereocenters. The van der Waals surface area contributed by atoms with Gasteiger partial charge in [0.25, 0.3) is 0 Å². The van der Waals surface area contributed by atoms with Gasteiger partial charge in [0.1, 0.15) is 24.4 Å². The van der Waals surface area contributed by atoms with Crippen molar-refractivity contribution in [2.45, 2.75) is 74.5 Å². The lowest BCUT2D eigenvalue weighted by Gasteiger charge is -2.56. The van der Waals surface area contributed by atoms with Crippen LogP contribution in [0.15, 0.2) is 48.5 Å². The molecule has 170 valence electrons. The Labute approximate surface area is 188 Å². The Morgan fingerprint density at radius 2 is 1.47 bits per heavy atom. The van der Waals surface area contributed by atoms with Gasteiger partial charge in [-0.1, -0.05) is 48.5 Å². The number of ether oxygens (including phenoxy) is 4. The van der Waals surface area contributed by atoms with E-state index in [2.05, 4.69) is 18.2 Å². The van der Waals surface area contributed by atoms with E-state index in [1.165, 1.54) is 11.1 Å². The molecule has 6 rings (SSSR count). The highest BCUT2D eigenvalue weighted by molar-refractivity contribution is 5.35. The minimum absolute atomic E-state index is 0.348. The maximum Gasteiger partial charge on any atom is 0.196 e. The summed E-state index contributed by atoms with van der Waals surface area (Å²) in [6, 6.07) is 16.4. The van der Waals surface area contributed by atoms with Gasteiger partial charge in [0.2, 0.25) is 0 Å². The van der Waals surface area contributed by atoms with Crippen LogP contribution in [-0.2, 0) is 43.4 Å². The quantitative estimate of drug-likeness (QED) is 0.751. The first-order chi connectivity index (χ1) is 15.6. The average molecular weight is 439 g/mol. The van der Waals surface area contributed by atoms with Crippen molar-refractivity contribution in [2.75, 3.05) is 13.2 Å². The average Bonchev–Trinajstić information content (AvgIpc) is 2.84. The van der Waals surface area contributed by atoms with Crippen LogP contribution < -0.4 is 0 Å². The van der Waals surface area contributed by atoms with Crippen LogP contribution in [0.1, 0.15) is 47.9 Å². The molecule has 6 nitrogen and oxygen atoms in total. The highest BCUT2D eigenvalue weighted by Gasteiger charge is 2.58. The van der Waals surface area contributed by atoms with Gasteiger partial charge >= 0.3 is 0 Å². The summed E-state index contributed by atoms with van der Waals surface area (Å²) in [6.07, 6.45) is 2.53. The van der Waals surface area contributed by atoms with Gasteiger partial charge in [0.05, 0.1) is 13.2 Å². The minimum Gasteiger partial charge on any atom is -0.394 e. The predicted molar refractivity (Wildman–Crippen MR) is 116 cm³/mol. The van der Waals surface area contributed by atoms with Crippen LogP contribution >= 0.6 is 0 Å². The molecule has 2 aromatic carbocycles. The van der Waals surface area contributed by atoms with Crippen molar-refractivity contribution in [1.29, 1.82) is 0 Å². The third kappa shape index (κ3) is 3.16. The van der Waals surface area contributed by atoms with Gasteiger partial charge < -0.3 is 29.2 Å². The Hall–Kier alpha value is -1.80. The normalized spacial score (nSPS) is 36.9. The van der Waals surface area contributed by atoms with Gasteiger partial charge in [-0.25, -0.2) is 0 Å². The third-order valence-electron chi connectivity index (χ3n) is 7.49. The Kier molecular flexibility index (Phi) is 5.13. The standard InChI is InChI=1S/C26H30O6/c27-15-21(28)23-24-22(30-26(31-23)14-6-10-18-8-2-4-12-20(18)26)16-29-25(32-24)13-5-9-17-7-1-3-11-19(17)25/h1-4,7-8,11-12,21-24,27-28H,5-6,9-10,13-16H2/t21-,22+,23-,24-,25?,26?/m1/s1. The summed E-state index contributed by atoms with van der Waals surface area (Å²) in [7, 11) is 0. The first-order valence-electron chi connectivity index (χ1n) is 11.8. The molecule has 4 aliphatic rings. The molecule has 6 heteroatoms. The van der Waals surface area contributed by atoms with Gasteiger partial charge in [0, 0.05) is 24.0 Å². The topological polar surface area (TPSA) is 77.4 Å². The van der Waals surface area contributed by atoms with Crippen molar-refractivity contribution in [2.24, 2.45) is 0 Å². The zero-order valence-electron chi connectivity index (χ0n) is 18.1. The van der Waals surface area contributed by atoms with Gasteiger partial charge in [-0.3, -0.25) is 0 Å². The van der Waals surface area contributed by atoms with Crippen molar-refractivity contribution in [3.05, 3.63) is 70.8 Å². The molecular weight excluding hydrogens is 408 g/mol. The van der Waals surface area contributed by atoms with E-state index in [4.69, 9.17) is 18.9 Å². The first-order valence-corrected chi connectivity index (χ1v) is 11.8. The van der Waals surface area contributed by atoms with E-state index >= 15 is 0 Å². The zero-order valence-corrected chi connectivity index (χ0v) is 18.1. The van der Waals surface area contributed by atoms with E-state index in [1.54, 1.807) is 0 Å². The fourth-order valence-electron chi connectivity index (χ4n) is 6.01. The molecule has 32 heavy (non-hydrogen) atoms. The van der Waals surface area contributed by atoms with E-state index < -0.39 is 42.6 Å². The summed E-state index contributed by atoms with van der Waals surface area (Å²) in [5.74, 6) is -1.83. The Morgan fingerprint density at radius 1 is 0.844 bits per heavy atom. The second-order valence-electron chi connectivity index (χ2n) is 9.41. The lowest BCUT2D eigenvalue weighted by Crippen LogP contribution is -2.66. The molecule has 0 aromatic heterocycles. The summed E-state index contributed by atoms with van der Waals surface area (Å²) in [6.45, 7) is -0.0552. The highest BCUT2D eigenvalue weighted by atomic mass is 16.8. The first kappa shape index (κ1) is 20.8. The predicted octanol–water partition coefficient (Wildman–Crippen LogP) is 2.92. The Balaban J connectivity index is 1.37. The fourth-order valence-corrected chi connectivity index (χ4v) is 6.01. The molecule has 0 saturated carbocycles. The number of hydrogen-bond acceptors (Lipinski definition) is 6. The monoisotopic (exact) mass is 438 g/mol. The molecule has 2 spiro atoms. The lowest BCUT2D eigenvalue weighted by molar-refractivity contribution is -0.441. The Morgan fingerprint density at radius 3 is 2.16 bits per heavy atom. The lowest BCUT2D eigenvalue weighted by atomic mass is 9.83. The maximum absolute atomic E-state index is 10.8. The van der Waals surface area contributed by atoms with Crippen molar-refractivity contribution in [1.82, 2.24) is 0 Å². The van der Waals surface area contributed by atoms with Gasteiger partial charge in [-0.05, 0) is 36.8 Å². The molecule has 0 bridgehead atoms. The number of fused-ring (bicyclic) bond motifs is 5. The van der Waals surface area contributed by atoms with Crippen LogP contribution in [0.25, 0.3) is 0 Å². The SMILES string of the molecule is OC[C@@H](O)[C@H]1OC2(CCCc3ccccc32)O[C@H]2COC3(CCCc4ccccc43)O[C@@H]12. The van der Waals surface area contributed by atoms with E-state index in [1.807, 2.05) is 30.3 Å². The van der Waals surface area contributed by atoms with Gasteiger partial charge in [-0.2, -0.15) is 0 Å². The molecule has 2 unspecified atom stereocenters. The van der Waals surface area contributed by atoms with Gasteiger partial charge in [-0.15, -0.1) is 0 Å². The summed E-state index contributed by atoms with van der Waals surface area (Å²) < 4.78 is 26.3. The number of benzene rings is 2. The van der Waals surface area contributed by atoms with E-state index in [9.17, 15) is 10.2 Å². The van der Waals surface area contributed by atoms with E-state index in [0.717, 1.165) is 43.2 Å². The van der Waals surface area contributed by atoms with E-state index in [0.29, 0.717) is 13.0 Å². The largest absolute Gasteiger partial charge is 0.394 e. The number of rotatable bonds is 2. The van der Waals surface area contributed by atoms with Crippen molar-refractivity contribution >= 4 is 0 Å².